The molecule has 2 amide bonds. The van der Waals surface area contributed by atoms with Crippen LogP contribution in [0.15, 0.2) is 36.4 Å². The van der Waals surface area contributed by atoms with Crippen LogP contribution in [-0.4, -0.2) is 31.6 Å². The molecular weight excluding hydrogens is 420 g/mol. The van der Waals surface area contributed by atoms with E-state index in [4.69, 9.17) is 9.47 Å². The molecule has 0 spiro atoms. The largest absolute Gasteiger partial charge is 0.490 e. The average molecular weight is 442 g/mol. The fourth-order valence-electron chi connectivity index (χ4n) is 2.68. The molecule has 2 aromatic rings. The van der Waals surface area contributed by atoms with E-state index in [-0.39, 0.29) is 11.1 Å². The molecule has 0 unspecified atom stereocenters. The molecule has 2 N–H and O–H groups in total. The van der Waals surface area contributed by atoms with Gasteiger partial charge < -0.3 is 20.1 Å². The molecular formula is C21H22F4N2O4. The van der Waals surface area contributed by atoms with Crippen molar-refractivity contribution in [1.29, 1.82) is 0 Å². The van der Waals surface area contributed by atoms with Crippen LogP contribution < -0.4 is 20.1 Å². The number of benzene rings is 2. The van der Waals surface area contributed by atoms with E-state index in [9.17, 15) is 27.2 Å². The number of ether oxygens (including phenoxy) is 2. The first kappa shape index (κ1) is 24.0. The molecule has 2 rings (SSSR count). The summed E-state index contributed by atoms with van der Waals surface area (Å²) in [5.41, 5.74) is -1.24. The molecule has 0 aliphatic rings. The van der Waals surface area contributed by atoms with Gasteiger partial charge in [0, 0.05) is 12.1 Å². The lowest BCUT2D eigenvalue weighted by atomic mass is 10.1. The minimum atomic E-state index is -4.76. The number of nitrogens with one attached hydrogen (secondary N) is 2. The van der Waals surface area contributed by atoms with Gasteiger partial charge in [-0.3, -0.25) is 9.59 Å². The standard InChI is InChI=1S/C21H22F4N2O4/c1-3-30-17-8-6-13(9-18(17)31-4-2)20(29)27-12-19(28)26-11-14-5-7-15(22)10-16(14)21(23,24)25/h5-10H,3-4,11-12H2,1-2H3,(H,26,28)(H,27,29). The minimum Gasteiger partial charge on any atom is -0.490 e. The molecule has 0 aliphatic heterocycles. The van der Waals surface area contributed by atoms with Gasteiger partial charge in [0.2, 0.25) is 5.91 Å². The van der Waals surface area contributed by atoms with Crippen LogP contribution in [0.1, 0.15) is 35.3 Å². The van der Waals surface area contributed by atoms with Gasteiger partial charge in [-0.25, -0.2) is 4.39 Å². The molecule has 0 aliphatic carbocycles. The van der Waals surface area contributed by atoms with Gasteiger partial charge in [0.1, 0.15) is 5.82 Å². The Morgan fingerprint density at radius 2 is 1.61 bits per heavy atom. The van der Waals surface area contributed by atoms with Gasteiger partial charge in [0.25, 0.3) is 5.91 Å². The molecule has 0 saturated heterocycles. The van der Waals surface area contributed by atoms with Gasteiger partial charge >= 0.3 is 6.18 Å². The number of hydrogen-bond acceptors (Lipinski definition) is 4. The van der Waals surface area contributed by atoms with E-state index in [1.54, 1.807) is 19.9 Å². The maximum absolute atomic E-state index is 13.1. The molecule has 0 atom stereocenters. The van der Waals surface area contributed by atoms with E-state index in [1.165, 1.54) is 12.1 Å². The van der Waals surface area contributed by atoms with Crippen molar-refractivity contribution in [2.75, 3.05) is 19.8 Å². The summed E-state index contributed by atoms with van der Waals surface area (Å²) < 4.78 is 63.0. The molecule has 168 valence electrons. The SMILES string of the molecule is CCOc1ccc(C(=O)NCC(=O)NCc2ccc(F)cc2C(F)(F)F)cc1OCC. The highest BCUT2D eigenvalue weighted by atomic mass is 19.4. The second-order valence-corrected chi connectivity index (χ2v) is 6.29. The first-order chi connectivity index (χ1) is 14.7. The molecule has 31 heavy (non-hydrogen) atoms. The third kappa shape index (κ3) is 6.87. The highest BCUT2D eigenvalue weighted by Crippen LogP contribution is 2.32. The fourth-order valence-corrected chi connectivity index (χ4v) is 2.68. The van der Waals surface area contributed by atoms with E-state index in [0.29, 0.717) is 30.8 Å². The van der Waals surface area contributed by atoms with Gasteiger partial charge in [-0.15, -0.1) is 0 Å². The zero-order chi connectivity index (χ0) is 23.0. The molecule has 6 nitrogen and oxygen atoms in total. The first-order valence-electron chi connectivity index (χ1n) is 9.45. The van der Waals surface area contributed by atoms with Crippen molar-refractivity contribution >= 4 is 11.8 Å². The molecule has 10 heteroatoms. The van der Waals surface area contributed by atoms with Gasteiger partial charge in [-0.2, -0.15) is 13.2 Å². The highest BCUT2D eigenvalue weighted by Gasteiger charge is 2.33. The predicted molar refractivity (Wildman–Crippen MR) is 104 cm³/mol. The third-order valence-electron chi connectivity index (χ3n) is 4.07. The predicted octanol–water partition coefficient (Wildman–Crippen LogP) is 3.69. The monoisotopic (exact) mass is 442 g/mol. The van der Waals surface area contributed by atoms with Crippen LogP contribution in [0.25, 0.3) is 0 Å². The summed E-state index contributed by atoms with van der Waals surface area (Å²) in [4.78, 5) is 24.3. The smallest absolute Gasteiger partial charge is 0.416 e. The van der Waals surface area contributed by atoms with Crippen LogP contribution in [0.5, 0.6) is 11.5 Å². The maximum Gasteiger partial charge on any atom is 0.416 e. The Morgan fingerprint density at radius 3 is 2.26 bits per heavy atom. The van der Waals surface area contributed by atoms with E-state index in [2.05, 4.69) is 10.6 Å². The average Bonchev–Trinajstić information content (AvgIpc) is 2.72. The van der Waals surface area contributed by atoms with E-state index >= 15 is 0 Å². The van der Waals surface area contributed by atoms with Gasteiger partial charge in [0.05, 0.1) is 25.3 Å². The molecule has 0 bridgehead atoms. The lowest BCUT2D eigenvalue weighted by Gasteiger charge is -2.14. The van der Waals surface area contributed by atoms with Gasteiger partial charge in [-0.05, 0) is 49.7 Å². The summed E-state index contributed by atoms with van der Waals surface area (Å²) in [6, 6.07) is 6.72. The van der Waals surface area contributed by atoms with E-state index < -0.39 is 42.5 Å². The van der Waals surface area contributed by atoms with Crippen LogP contribution in [-0.2, 0) is 17.5 Å². The number of hydrogen-bond donors (Lipinski definition) is 2. The number of carbonyl (C=O) groups excluding carboxylic acids is 2. The number of carbonyl (C=O) groups is 2. The Balaban J connectivity index is 1.96. The highest BCUT2D eigenvalue weighted by molar-refractivity contribution is 5.97. The lowest BCUT2D eigenvalue weighted by molar-refractivity contribution is -0.138. The summed E-state index contributed by atoms with van der Waals surface area (Å²) in [6.07, 6.45) is -4.76. The summed E-state index contributed by atoms with van der Waals surface area (Å²) >= 11 is 0. The number of rotatable bonds is 9. The van der Waals surface area contributed by atoms with Crippen molar-refractivity contribution < 1.29 is 36.6 Å². The maximum atomic E-state index is 13.1. The molecule has 0 aromatic heterocycles. The van der Waals surface area contributed by atoms with E-state index in [0.717, 1.165) is 12.1 Å². The van der Waals surface area contributed by atoms with Crippen molar-refractivity contribution in [3.63, 3.8) is 0 Å². The Kier molecular flexibility index (Phi) is 8.23. The lowest BCUT2D eigenvalue weighted by Crippen LogP contribution is -2.36. The van der Waals surface area contributed by atoms with Gasteiger partial charge in [-0.1, -0.05) is 6.07 Å². The minimum absolute atomic E-state index is 0.220. The zero-order valence-corrected chi connectivity index (χ0v) is 16.9. The molecule has 2 aromatic carbocycles. The number of amides is 2. The van der Waals surface area contributed by atoms with Crippen molar-refractivity contribution in [3.8, 4) is 11.5 Å². The normalized spacial score (nSPS) is 11.0. The first-order valence-corrected chi connectivity index (χ1v) is 9.45. The number of halogens is 4. The Bertz CT molecular complexity index is 932. The molecule has 0 fully saturated rings. The number of alkyl halides is 3. The van der Waals surface area contributed by atoms with Crippen LogP contribution in [0.3, 0.4) is 0 Å². The summed E-state index contributed by atoms with van der Waals surface area (Å²) in [5, 5.41) is 4.65. The Hall–Kier alpha value is -3.30. The molecule has 0 heterocycles. The van der Waals surface area contributed by atoms with Crippen molar-refractivity contribution in [2.24, 2.45) is 0 Å². The molecule has 0 saturated carbocycles. The van der Waals surface area contributed by atoms with Crippen molar-refractivity contribution in [3.05, 3.63) is 58.9 Å². The second-order valence-electron chi connectivity index (χ2n) is 6.29. The van der Waals surface area contributed by atoms with Crippen LogP contribution >= 0.6 is 0 Å². The molecule has 0 radical (unpaired) electrons. The Labute approximate surface area is 176 Å². The van der Waals surface area contributed by atoms with Crippen LogP contribution in [0.4, 0.5) is 17.6 Å². The summed E-state index contributed by atoms with van der Waals surface area (Å²) in [6.45, 7) is 3.42. The second kappa shape index (κ2) is 10.6. The van der Waals surface area contributed by atoms with E-state index in [1.807, 2.05) is 0 Å². The van der Waals surface area contributed by atoms with Crippen molar-refractivity contribution in [1.82, 2.24) is 10.6 Å². The third-order valence-corrected chi connectivity index (χ3v) is 4.07. The summed E-state index contributed by atoms with van der Waals surface area (Å²) in [5.74, 6) is -1.47. The van der Waals surface area contributed by atoms with Crippen LogP contribution in [0.2, 0.25) is 0 Å². The van der Waals surface area contributed by atoms with Crippen molar-refractivity contribution in [2.45, 2.75) is 26.6 Å². The quantitative estimate of drug-likeness (QED) is 0.581. The summed E-state index contributed by atoms with van der Waals surface area (Å²) in [7, 11) is 0. The van der Waals surface area contributed by atoms with Crippen LogP contribution in [0, 0.1) is 5.82 Å². The fraction of sp³-hybridized carbons (Fsp3) is 0.333. The topological polar surface area (TPSA) is 76.7 Å². The zero-order valence-electron chi connectivity index (χ0n) is 16.9. The van der Waals surface area contributed by atoms with Gasteiger partial charge in [0.15, 0.2) is 11.5 Å². The Morgan fingerprint density at radius 1 is 0.935 bits per heavy atom.